The van der Waals surface area contributed by atoms with Crippen LogP contribution in [0.4, 0.5) is 17.1 Å². The number of hydrogen-bond donors (Lipinski definition) is 2. The third-order valence-electron chi connectivity index (χ3n) is 6.94. The highest BCUT2D eigenvalue weighted by Crippen LogP contribution is 2.45. The van der Waals surface area contributed by atoms with Gasteiger partial charge in [-0.05, 0) is 45.6 Å². The summed E-state index contributed by atoms with van der Waals surface area (Å²) in [6.07, 6.45) is 6.43. The molecule has 0 spiro atoms. The Hall–Kier alpha value is -4.45. The fourth-order valence-corrected chi connectivity index (χ4v) is 5.04. The summed E-state index contributed by atoms with van der Waals surface area (Å²) in [5.74, 6) is 1.80. The van der Waals surface area contributed by atoms with Gasteiger partial charge in [0, 0.05) is 55.6 Å². The van der Waals surface area contributed by atoms with Gasteiger partial charge in [0.2, 0.25) is 11.5 Å². The number of ether oxygens (including phenoxy) is 1. The molecule has 1 fully saturated rings. The van der Waals surface area contributed by atoms with E-state index in [-0.39, 0.29) is 4.59 Å². The number of nitrogens with one attached hydrogen (secondary N) is 2. The van der Waals surface area contributed by atoms with E-state index < -0.39 is 0 Å². The Balaban J connectivity index is 1.47. The van der Waals surface area contributed by atoms with E-state index in [9.17, 15) is 5.26 Å². The average Bonchev–Trinajstić information content (AvgIpc) is 3.37. The molecule has 3 aliphatic rings. The zero-order valence-electron chi connectivity index (χ0n) is 20.7. The zero-order valence-corrected chi connectivity index (χ0v) is 20.7. The Morgan fingerprint density at radius 3 is 2.68 bits per heavy atom. The molecular formula is C29H28N7O+. The number of nitriles is 1. The Morgan fingerprint density at radius 2 is 1.89 bits per heavy atom. The van der Waals surface area contributed by atoms with Crippen molar-refractivity contribution in [1.29, 1.82) is 5.26 Å². The van der Waals surface area contributed by atoms with Crippen molar-refractivity contribution >= 4 is 34.8 Å². The predicted molar refractivity (Wildman–Crippen MR) is 149 cm³/mol. The fraction of sp³-hybridized carbons (Fsp3) is 0.207. The highest BCUT2D eigenvalue weighted by molar-refractivity contribution is 6.22. The van der Waals surface area contributed by atoms with E-state index in [2.05, 4.69) is 46.0 Å². The molecule has 8 nitrogen and oxygen atoms in total. The van der Waals surface area contributed by atoms with Gasteiger partial charge >= 0.3 is 6.19 Å². The molecule has 1 atom stereocenters. The molecule has 3 aromatic rings. The number of piperazine rings is 1. The minimum atomic E-state index is -0.350. The van der Waals surface area contributed by atoms with Gasteiger partial charge in [-0.15, -0.1) is 5.26 Å². The first kappa shape index (κ1) is 23.0. The Labute approximate surface area is 216 Å². The molecule has 8 heteroatoms. The minimum absolute atomic E-state index is 0.350. The first-order chi connectivity index (χ1) is 18.2. The average molecular weight is 491 g/mol. The summed E-state index contributed by atoms with van der Waals surface area (Å²) in [5, 5.41) is 22.6. The normalized spacial score (nSPS) is 19.8. The molecule has 0 amide bonds. The monoisotopic (exact) mass is 490 g/mol. The summed E-state index contributed by atoms with van der Waals surface area (Å²) in [4.78, 5) is 7.18. The summed E-state index contributed by atoms with van der Waals surface area (Å²) in [6.45, 7) is 4.39. The summed E-state index contributed by atoms with van der Waals surface area (Å²) in [6, 6.07) is 22.2. The van der Waals surface area contributed by atoms with Crippen molar-refractivity contribution in [2.45, 2.75) is 6.54 Å². The first-order valence-corrected chi connectivity index (χ1v) is 12.4. The number of anilines is 2. The van der Waals surface area contributed by atoms with Gasteiger partial charge in [-0.2, -0.15) is 4.99 Å². The molecule has 0 radical (unpaired) electrons. The maximum Gasteiger partial charge on any atom is 0.351 e. The van der Waals surface area contributed by atoms with Crippen molar-refractivity contribution in [3.63, 3.8) is 0 Å². The van der Waals surface area contributed by atoms with Crippen LogP contribution >= 0.6 is 0 Å². The van der Waals surface area contributed by atoms with Crippen molar-refractivity contribution in [2.24, 2.45) is 10.1 Å². The third kappa shape index (κ3) is 4.14. The lowest BCUT2D eigenvalue weighted by molar-refractivity contribution is 0.414. The summed E-state index contributed by atoms with van der Waals surface area (Å²) < 4.78 is 5.05. The molecule has 0 aliphatic carbocycles. The summed E-state index contributed by atoms with van der Waals surface area (Å²) in [5.41, 5.74) is 5.73. The highest BCUT2D eigenvalue weighted by Gasteiger charge is 2.49. The van der Waals surface area contributed by atoms with Crippen LogP contribution in [-0.2, 0) is 6.54 Å². The van der Waals surface area contributed by atoms with Crippen LogP contribution in [-0.4, -0.2) is 45.0 Å². The second kappa shape index (κ2) is 9.54. The van der Waals surface area contributed by atoms with Crippen LogP contribution in [0.5, 0.6) is 5.75 Å². The van der Waals surface area contributed by atoms with Gasteiger partial charge in [0.05, 0.1) is 7.11 Å². The van der Waals surface area contributed by atoms with E-state index in [1.165, 1.54) is 0 Å². The van der Waals surface area contributed by atoms with Crippen LogP contribution in [0.3, 0.4) is 0 Å². The smallest absolute Gasteiger partial charge is 0.351 e. The van der Waals surface area contributed by atoms with Crippen LogP contribution in [0.15, 0.2) is 82.9 Å². The second-order valence-electron chi connectivity index (χ2n) is 9.20. The molecule has 0 saturated carbocycles. The van der Waals surface area contributed by atoms with Gasteiger partial charge in [0.1, 0.15) is 11.4 Å². The van der Waals surface area contributed by atoms with E-state index >= 15 is 0 Å². The lowest BCUT2D eigenvalue weighted by Gasteiger charge is -2.32. The van der Waals surface area contributed by atoms with E-state index in [0.29, 0.717) is 18.2 Å². The number of nitrogens with zero attached hydrogens (tertiary/aromatic N) is 5. The largest absolute Gasteiger partial charge is 0.497 e. The van der Waals surface area contributed by atoms with E-state index in [1.807, 2.05) is 54.6 Å². The molecule has 3 aliphatic heterocycles. The van der Waals surface area contributed by atoms with Gasteiger partial charge in [-0.25, -0.2) is 0 Å². The first-order valence-electron chi connectivity index (χ1n) is 12.4. The maximum absolute atomic E-state index is 10.6. The van der Waals surface area contributed by atoms with Gasteiger partial charge < -0.3 is 20.3 Å². The molecule has 3 heterocycles. The number of rotatable bonds is 6. The SMILES string of the molecule is COc1cccc(C2=N[N+]3(C#N)C(=N2)C=Cc2cc(N4CCNCC4)cc(NCc4ccccc4)c23)c1. The Kier molecular flexibility index (Phi) is 5.93. The molecule has 6 rings (SSSR count). The summed E-state index contributed by atoms with van der Waals surface area (Å²) in [7, 11) is 1.63. The maximum atomic E-state index is 10.6. The van der Waals surface area contributed by atoms with Crippen LogP contribution in [0, 0.1) is 11.5 Å². The topological polar surface area (TPSA) is 85.0 Å². The molecule has 0 bridgehead atoms. The molecule has 1 saturated heterocycles. The standard InChI is InChI=1S/C29H28N7O/c1-37-25-9-5-8-23(17-25)29-33-27-11-10-22-16-24(35-14-12-31-13-15-35)18-26(28(22)36(27,20-30)34-29)32-19-21-6-3-2-4-7-21/h2-11,16-18,31-32H,12-15,19H2,1H3/q+1. The minimum Gasteiger partial charge on any atom is -0.497 e. The van der Waals surface area contributed by atoms with Crippen molar-refractivity contribution in [1.82, 2.24) is 9.91 Å². The molecule has 184 valence electrons. The van der Waals surface area contributed by atoms with E-state index in [0.717, 1.165) is 65.7 Å². The van der Waals surface area contributed by atoms with Crippen LogP contribution < -0.4 is 24.9 Å². The molecule has 3 aromatic carbocycles. The summed E-state index contributed by atoms with van der Waals surface area (Å²) >= 11 is 0. The quantitative estimate of drug-likeness (QED) is 0.397. The van der Waals surface area contributed by atoms with Crippen molar-refractivity contribution in [3.05, 3.63) is 89.5 Å². The number of benzene rings is 3. The lowest BCUT2D eigenvalue weighted by Crippen LogP contribution is -2.45. The van der Waals surface area contributed by atoms with Gasteiger partial charge in [0.15, 0.2) is 0 Å². The predicted octanol–water partition coefficient (Wildman–Crippen LogP) is 4.31. The number of quaternary nitrogens is 1. The number of fused-ring (bicyclic) bond motifs is 3. The van der Waals surface area contributed by atoms with Gasteiger partial charge in [-0.3, -0.25) is 0 Å². The van der Waals surface area contributed by atoms with Gasteiger partial charge in [0.25, 0.3) is 5.84 Å². The van der Waals surface area contributed by atoms with Gasteiger partial charge in [-0.1, -0.05) is 42.5 Å². The molecule has 1 unspecified atom stereocenters. The molecule has 0 aromatic heterocycles. The van der Waals surface area contributed by atoms with Crippen molar-refractivity contribution in [2.75, 3.05) is 43.5 Å². The number of amidine groups is 2. The number of hydrogen-bond acceptors (Lipinski definition) is 7. The fourth-order valence-electron chi connectivity index (χ4n) is 5.04. The number of methoxy groups -OCH3 is 1. The number of aliphatic imine (C=N–C) groups is 1. The Bertz CT molecular complexity index is 1470. The lowest BCUT2D eigenvalue weighted by atomic mass is 10.0. The van der Waals surface area contributed by atoms with E-state index in [1.54, 1.807) is 7.11 Å². The highest BCUT2D eigenvalue weighted by atomic mass is 16.5. The van der Waals surface area contributed by atoms with E-state index in [4.69, 9.17) is 14.8 Å². The molecular weight excluding hydrogens is 462 g/mol. The Morgan fingerprint density at radius 1 is 1.05 bits per heavy atom. The zero-order chi connectivity index (χ0) is 25.2. The van der Waals surface area contributed by atoms with Crippen LogP contribution in [0.1, 0.15) is 16.7 Å². The van der Waals surface area contributed by atoms with Crippen LogP contribution in [0.25, 0.3) is 6.08 Å². The van der Waals surface area contributed by atoms with Crippen molar-refractivity contribution in [3.8, 4) is 11.9 Å². The third-order valence-corrected chi connectivity index (χ3v) is 6.94. The second-order valence-corrected chi connectivity index (χ2v) is 9.20. The molecule has 37 heavy (non-hydrogen) atoms. The molecule has 2 N–H and O–H groups in total. The van der Waals surface area contributed by atoms with Crippen LogP contribution in [0.2, 0.25) is 0 Å². The van der Waals surface area contributed by atoms with Crippen molar-refractivity contribution < 1.29 is 4.74 Å².